The van der Waals surface area contributed by atoms with Crippen LogP contribution in [0, 0.1) is 17.5 Å². The van der Waals surface area contributed by atoms with Gasteiger partial charge >= 0.3 is 0 Å². The quantitative estimate of drug-likeness (QED) is 0.258. The Kier molecular flexibility index (Phi) is 8.63. The monoisotopic (exact) mass is 535 g/mol. The number of benzene rings is 3. The van der Waals surface area contributed by atoms with Gasteiger partial charge in [-0.05, 0) is 91.9 Å². The van der Waals surface area contributed by atoms with E-state index in [0.29, 0.717) is 28.1 Å². The second-order valence-corrected chi connectivity index (χ2v) is 10.7. The van der Waals surface area contributed by atoms with E-state index in [0.717, 1.165) is 22.5 Å². The molecule has 0 N–H and O–H groups in total. The molecule has 0 fully saturated rings. The van der Waals surface area contributed by atoms with Gasteiger partial charge in [-0.15, -0.1) is 0 Å². The van der Waals surface area contributed by atoms with Gasteiger partial charge in [-0.1, -0.05) is 24.2 Å². The number of nitrogens with zero attached hydrogens (tertiary/aromatic N) is 1. The van der Waals surface area contributed by atoms with Crippen LogP contribution in [-0.4, -0.2) is 14.2 Å². The summed E-state index contributed by atoms with van der Waals surface area (Å²) in [5.41, 5.74) is 0.750. The number of aryl methyl sites for hydroxylation is 1. The smallest absolute Gasteiger partial charge is 0.264 e. The SMILES string of the molecule is C=C(C)C(=O)CCCc1cc(F)ccc1[C@@H](C)N(c1cc(F)ccc1F)S(=O)(=O)c1ccc(Cl)cc1. The highest BCUT2D eigenvalue weighted by Gasteiger charge is 2.33. The molecule has 0 aliphatic carbocycles. The summed E-state index contributed by atoms with van der Waals surface area (Å²) in [4.78, 5) is 11.8. The number of Topliss-reactive ketones (excluding diaryl/α,β-unsaturated/α-hetero) is 1. The van der Waals surface area contributed by atoms with E-state index in [-0.39, 0.29) is 23.5 Å². The molecule has 0 radical (unpaired) electrons. The molecule has 9 heteroatoms. The summed E-state index contributed by atoms with van der Waals surface area (Å²) in [6.07, 6.45) is 0.815. The Morgan fingerprint density at radius 2 is 1.61 bits per heavy atom. The van der Waals surface area contributed by atoms with Gasteiger partial charge in [0.05, 0.1) is 16.6 Å². The van der Waals surface area contributed by atoms with Crippen molar-refractivity contribution in [3.8, 4) is 0 Å². The molecule has 0 aliphatic heterocycles. The number of carbonyl (C=O) groups is 1. The van der Waals surface area contributed by atoms with Crippen LogP contribution in [-0.2, 0) is 21.2 Å². The molecule has 3 aromatic rings. The van der Waals surface area contributed by atoms with Crippen LogP contribution in [0.25, 0.3) is 0 Å². The fraction of sp³-hybridized carbons (Fsp3) is 0.222. The average Bonchev–Trinajstić information content (AvgIpc) is 2.81. The third-order valence-electron chi connectivity index (χ3n) is 5.75. The van der Waals surface area contributed by atoms with Crippen molar-refractivity contribution < 1.29 is 26.4 Å². The van der Waals surface area contributed by atoms with Gasteiger partial charge in [0.15, 0.2) is 5.78 Å². The normalized spacial score (nSPS) is 12.3. The van der Waals surface area contributed by atoms with E-state index in [1.165, 1.54) is 49.4 Å². The molecule has 3 aromatic carbocycles. The topological polar surface area (TPSA) is 54.5 Å². The van der Waals surface area contributed by atoms with Crippen molar-refractivity contribution in [3.63, 3.8) is 0 Å². The highest BCUT2D eigenvalue weighted by Crippen LogP contribution is 2.37. The predicted octanol–water partition coefficient (Wildman–Crippen LogP) is 7.18. The number of hydrogen-bond donors (Lipinski definition) is 0. The number of hydrogen-bond acceptors (Lipinski definition) is 3. The molecule has 0 aromatic heterocycles. The van der Waals surface area contributed by atoms with E-state index < -0.39 is 39.2 Å². The van der Waals surface area contributed by atoms with Crippen LogP contribution in [0.2, 0.25) is 5.02 Å². The van der Waals surface area contributed by atoms with Gasteiger partial charge in [0.25, 0.3) is 10.0 Å². The van der Waals surface area contributed by atoms with Crippen molar-refractivity contribution >= 4 is 33.1 Å². The summed E-state index contributed by atoms with van der Waals surface area (Å²) in [6.45, 7) is 6.73. The third-order valence-corrected chi connectivity index (χ3v) is 7.90. The van der Waals surface area contributed by atoms with Crippen LogP contribution < -0.4 is 4.31 Å². The number of anilines is 1. The molecule has 0 saturated carbocycles. The lowest BCUT2D eigenvalue weighted by atomic mass is 9.95. The fourth-order valence-corrected chi connectivity index (χ4v) is 5.66. The van der Waals surface area contributed by atoms with E-state index in [1.807, 2.05) is 0 Å². The summed E-state index contributed by atoms with van der Waals surface area (Å²) in [5.74, 6) is -2.45. The summed E-state index contributed by atoms with van der Waals surface area (Å²) in [6, 6.07) is 10.6. The molecule has 4 nitrogen and oxygen atoms in total. The first-order valence-corrected chi connectivity index (χ1v) is 13.0. The maximum Gasteiger partial charge on any atom is 0.264 e. The van der Waals surface area contributed by atoms with Crippen LogP contribution in [0.5, 0.6) is 0 Å². The van der Waals surface area contributed by atoms with E-state index in [9.17, 15) is 26.4 Å². The molecule has 0 unspecified atom stereocenters. The zero-order valence-electron chi connectivity index (χ0n) is 19.8. The molecule has 36 heavy (non-hydrogen) atoms. The zero-order chi connectivity index (χ0) is 26.6. The first-order valence-electron chi connectivity index (χ1n) is 11.1. The molecule has 0 heterocycles. The maximum absolute atomic E-state index is 14.9. The molecule has 0 spiro atoms. The molecule has 3 rings (SSSR count). The Morgan fingerprint density at radius 3 is 2.25 bits per heavy atom. The Balaban J connectivity index is 2.12. The number of carbonyl (C=O) groups excluding carboxylic acids is 1. The molecule has 1 atom stereocenters. The van der Waals surface area contributed by atoms with Crippen LogP contribution in [0.4, 0.5) is 18.9 Å². The molecular weight excluding hydrogens is 511 g/mol. The molecule has 0 amide bonds. The number of ketones is 1. The minimum absolute atomic E-state index is 0.130. The van der Waals surface area contributed by atoms with Gasteiger partial charge in [0, 0.05) is 17.5 Å². The Morgan fingerprint density at radius 1 is 1.00 bits per heavy atom. The van der Waals surface area contributed by atoms with Crippen LogP contribution in [0.3, 0.4) is 0 Å². The first kappa shape index (κ1) is 27.5. The largest absolute Gasteiger partial charge is 0.295 e. The predicted molar refractivity (Wildman–Crippen MR) is 135 cm³/mol. The first-order chi connectivity index (χ1) is 16.9. The lowest BCUT2D eigenvalue weighted by molar-refractivity contribution is -0.115. The second-order valence-electron chi connectivity index (χ2n) is 8.43. The van der Waals surface area contributed by atoms with E-state index in [4.69, 9.17) is 11.6 Å². The Labute approximate surface area is 214 Å². The van der Waals surface area contributed by atoms with E-state index in [1.54, 1.807) is 6.92 Å². The highest BCUT2D eigenvalue weighted by molar-refractivity contribution is 7.92. The van der Waals surface area contributed by atoms with Crippen LogP contribution >= 0.6 is 11.6 Å². The number of halogens is 4. The maximum atomic E-state index is 14.9. The van der Waals surface area contributed by atoms with Gasteiger partial charge in [-0.2, -0.15) is 0 Å². The number of sulfonamides is 1. The van der Waals surface area contributed by atoms with Crippen LogP contribution in [0.15, 0.2) is 77.7 Å². The zero-order valence-corrected chi connectivity index (χ0v) is 21.3. The van der Waals surface area contributed by atoms with Crippen molar-refractivity contribution in [1.29, 1.82) is 0 Å². The lowest BCUT2D eigenvalue weighted by Crippen LogP contribution is -2.35. The van der Waals surface area contributed by atoms with Crippen molar-refractivity contribution in [3.05, 3.63) is 106 Å². The third kappa shape index (κ3) is 6.17. The van der Waals surface area contributed by atoms with E-state index >= 15 is 0 Å². The second kappa shape index (κ2) is 11.3. The van der Waals surface area contributed by atoms with Crippen molar-refractivity contribution in [1.82, 2.24) is 0 Å². The van der Waals surface area contributed by atoms with Crippen molar-refractivity contribution in [2.24, 2.45) is 0 Å². The number of rotatable bonds is 10. The van der Waals surface area contributed by atoms with E-state index in [2.05, 4.69) is 6.58 Å². The standard InChI is InChI=1S/C27H25ClF3NO3S/c1-17(2)27(33)6-4-5-19-15-21(29)9-13-24(19)18(3)32(26-16-22(30)10-14-25(26)31)36(34,35)23-11-7-20(28)8-12-23/h7-16,18H,1,4-6H2,2-3H3/t18-/m1/s1. The van der Waals surface area contributed by atoms with Gasteiger partial charge in [-0.25, -0.2) is 21.6 Å². The number of allylic oxidation sites excluding steroid dienone is 1. The Bertz CT molecular complexity index is 1390. The average molecular weight is 536 g/mol. The molecule has 190 valence electrons. The highest BCUT2D eigenvalue weighted by atomic mass is 35.5. The summed E-state index contributed by atoms with van der Waals surface area (Å²) in [7, 11) is -4.42. The fourth-order valence-electron chi connectivity index (χ4n) is 3.90. The molecule has 0 saturated heterocycles. The summed E-state index contributed by atoms with van der Waals surface area (Å²) >= 11 is 5.91. The van der Waals surface area contributed by atoms with Gasteiger partial charge in [0.1, 0.15) is 17.5 Å². The lowest BCUT2D eigenvalue weighted by Gasteiger charge is -2.32. The molecular formula is C27H25ClF3NO3S. The minimum Gasteiger partial charge on any atom is -0.295 e. The van der Waals surface area contributed by atoms with Crippen LogP contribution in [0.1, 0.15) is 43.9 Å². The van der Waals surface area contributed by atoms with Crippen molar-refractivity contribution in [2.45, 2.75) is 44.0 Å². The summed E-state index contributed by atoms with van der Waals surface area (Å²) < 4.78 is 71.5. The van der Waals surface area contributed by atoms with Gasteiger partial charge in [0.2, 0.25) is 0 Å². The molecule has 0 aliphatic rings. The van der Waals surface area contributed by atoms with Crippen molar-refractivity contribution in [2.75, 3.05) is 4.31 Å². The minimum atomic E-state index is -4.42. The van der Waals surface area contributed by atoms with Gasteiger partial charge in [-0.3, -0.25) is 9.10 Å². The molecule has 0 bridgehead atoms. The summed E-state index contributed by atoms with van der Waals surface area (Å²) in [5, 5.41) is 0.301. The Hall–Kier alpha value is -3.10. The van der Waals surface area contributed by atoms with Gasteiger partial charge < -0.3 is 0 Å².